The maximum Gasteiger partial charge on any atom is 0.339 e. The molecule has 0 saturated heterocycles. The molecular formula is C12H16O4. The smallest absolute Gasteiger partial charge is 0.339 e. The third kappa shape index (κ3) is 3.15. The van der Waals surface area contributed by atoms with Gasteiger partial charge in [-0.15, -0.1) is 0 Å². The van der Waals surface area contributed by atoms with Gasteiger partial charge < -0.3 is 14.6 Å². The Morgan fingerprint density at radius 1 is 1.31 bits per heavy atom. The summed E-state index contributed by atoms with van der Waals surface area (Å²) in [7, 11) is 1.52. The minimum Gasteiger partial charge on any atom is -0.497 e. The highest BCUT2D eigenvalue weighted by Crippen LogP contribution is 2.27. The lowest BCUT2D eigenvalue weighted by atomic mass is 10.1. The number of ether oxygens (including phenoxy) is 2. The average Bonchev–Trinajstić information content (AvgIpc) is 2.14. The zero-order valence-electron chi connectivity index (χ0n) is 9.90. The number of rotatable bonds is 3. The molecule has 0 bridgehead atoms. The predicted molar refractivity (Wildman–Crippen MR) is 60.3 cm³/mol. The molecule has 4 nitrogen and oxygen atoms in total. The molecule has 0 unspecified atom stereocenters. The Morgan fingerprint density at radius 3 is 2.38 bits per heavy atom. The van der Waals surface area contributed by atoms with Crippen molar-refractivity contribution in [2.45, 2.75) is 26.4 Å². The van der Waals surface area contributed by atoms with Gasteiger partial charge >= 0.3 is 5.97 Å². The zero-order chi connectivity index (χ0) is 12.3. The monoisotopic (exact) mass is 224 g/mol. The minimum absolute atomic E-state index is 0.135. The van der Waals surface area contributed by atoms with Gasteiger partial charge in [-0.05, 0) is 32.9 Å². The third-order valence-electron chi connectivity index (χ3n) is 1.84. The van der Waals surface area contributed by atoms with Gasteiger partial charge in [0.25, 0.3) is 0 Å². The molecule has 1 aromatic carbocycles. The van der Waals surface area contributed by atoms with Crippen LogP contribution in [-0.2, 0) is 0 Å². The second-order valence-corrected chi connectivity index (χ2v) is 4.38. The van der Waals surface area contributed by atoms with Gasteiger partial charge in [0.1, 0.15) is 22.7 Å². The molecule has 1 rings (SSSR count). The van der Waals surface area contributed by atoms with E-state index in [0.717, 1.165) is 0 Å². The summed E-state index contributed by atoms with van der Waals surface area (Å²) in [5.74, 6) is -0.120. The van der Waals surface area contributed by atoms with Crippen LogP contribution in [0.2, 0.25) is 0 Å². The average molecular weight is 224 g/mol. The molecule has 0 spiro atoms. The Morgan fingerprint density at radius 2 is 1.94 bits per heavy atom. The van der Waals surface area contributed by atoms with Gasteiger partial charge in [-0.3, -0.25) is 0 Å². The van der Waals surface area contributed by atoms with Crippen molar-refractivity contribution in [2.24, 2.45) is 0 Å². The number of hydrogen-bond donors (Lipinski definition) is 1. The van der Waals surface area contributed by atoms with Crippen LogP contribution in [0.4, 0.5) is 0 Å². The largest absolute Gasteiger partial charge is 0.497 e. The lowest BCUT2D eigenvalue weighted by Gasteiger charge is -2.22. The first-order valence-corrected chi connectivity index (χ1v) is 4.94. The van der Waals surface area contributed by atoms with Gasteiger partial charge in [0.2, 0.25) is 0 Å². The van der Waals surface area contributed by atoms with Crippen molar-refractivity contribution in [1.82, 2.24) is 0 Å². The molecule has 4 heteroatoms. The summed E-state index contributed by atoms with van der Waals surface area (Å²) in [6.07, 6.45) is 0. The molecule has 0 aromatic heterocycles. The Kier molecular flexibility index (Phi) is 3.42. The molecule has 88 valence electrons. The van der Waals surface area contributed by atoms with Crippen LogP contribution in [0.3, 0.4) is 0 Å². The molecule has 1 aromatic rings. The number of benzene rings is 1. The van der Waals surface area contributed by atoms with Gasteiger partial charge in [0, 0.05) is 6.07 Å². The molecule has 1 N–H and O–H groups in total. The second kappa shape index (κ2) is 4.43. The summed E-state index contributed by atoms with van der Waals surface area (Å²) in [6.45, 7) is 5.58. The van der Waals surface area contributed by atoms with Crippen LogP contribution in [0.25, 0.3) is 0 Å². The summed E-state index contributed by atoms with van der Waals surface area (Å²) in [4.78, 5) is 11.0. The van der Waals surface area contributed by atoms with E-state index >= 15 is 0 Å². The molecule has 0 fully saturated rings. The van der Waals surface area contributed by atoms with Gasteiger partial charge in [-0.25, -0.2) is 4.79 Å². The molecule has 16 heavy (non-hydrogen) atoms. The molecule has 0 aliphatic rings. The summed E-state index contributed by atoms with van der Waals surface area (Å²) >= 11 is 0. The van der Waals surface area contributed by atoms with Crippen molar-refractivity contribution in [3.63, 3.8) is 0 Å². The Bertz CT molecular complexity index is 390. The van der Waals surface area contributed by atoms with Gasteiger partial charge in [-0.1, -0.05) is 0 Å². The molecule has 0 amide bonds. The standard InChI is InChI=1S/C12H16O4/c1-12(2,3)16-10-7-8(15-4)5-6-9(10)11(13)14/h5-7H,1-4H3,(H,13,14). The zero-order valence-corrected chi connectivity index (χ0v) is 9.90. The van der Waals surface area contributed by atoms with E-state index in [1.54, 1.807) is 12.1 Å². The highest BCUT2D eigenvalue weighted by Gasteiger charge is 2.18. The van der Waals surface area contributed by atoms with Crippen LogP contribution in [0, 0.1) is 0 Å². The molecular weight excluding hydrogens is 208 g/mol. The van der Waals surface area contributed by atoms with Crippen LogP contribution in [0.5, 0.6) is 11.5 Å². The fourth-order valence-electron chi connectivity index (χ4n) is 1.22. The van der Waals surface area contributed by atoms with E-state index in [0.29, 0.717) is 11.5 Å². The molecule has 0 saturated carbocycles. The van der Waals surface area contributed by atoms with E-state index in [9.17, 15) is 4.79 Å². The topological polar surface area (TPSA) is 55.8 Å². The first-order chi connectivity index (χ1) is 7.33. The fraction of sp³-hybridized carbons (Fsp3) is 0.417. The Balaban J connectivity index is 3.15. The number of carboxylic acids is 1. The van der Waals surface area contributed by atoms with Crippen LogP contribution in [-0.4, -0.2) is 23.8 Å². The third-order valence-corrected chi connectivity index (χ3v) is 1.84. The van der Waals surface area contributed by atoms with Crippen molar-refractivity contribution < 1.29 is 19.4 Å². The maximum atomic E-state index is 11.0. The summed E-state index contributed by atoms with van der Waals surface area (Å²) < 4.78 is 10.6. The number of aromatic carboxylic acids is 1. The summed E-state index contributed by atoms with van der Waals surface area (Å²) in [5.41, 5.74) is -0.313. The molecule has 0 radical (unpaired) electrons. The highest BCUT2D eigenvalue weighted by atomic mass is 16.5. The van der Waals surface area contributed by atoms with Crippen molar-refractivity contribution in [1.29, 1.82) is 0 Å². The van der Waals surface area contributed by atoms with E-state index in [1.165, 1.54) is 13.2 Å². The SMILES string of the molecule is COc1ccc(C(=O)O)c(OC(C)(C)C)c1. The molecule has 0 atom stereocenters. The van der Waals surface area contributed by atoms with Crippen molar-refractivity contribution in [3.05, 3.63) is 23.8 Å². The van der Waals surface area contributed by atoms with Crippen LogP contribution >= 0.6 is 0 Å². The predicted octanol–water partition coefficient (Wildman–Crippen LogP) is 2.57. The lowest BCUT2D eigenvalue weighted by molar-refractivity contribution is 0.0681. The van der Waals surface area contributed by atoms with Crippen LogP contribution < -0.4 is 9.47 Å². The van der Waals surface area contributed by atoms with Gasteiger partial charge in [-0.2, -0.15) is 0 Å². The number of methoxy groups -OCH3 is 1. The number of carboxylic acid groups (broad SMARTS) is 1. The maximum absolute atomic E-state index is 11.0. The Labute approximate surface area is 94.8 Å². The van der Waals surface area contributed by atoms with Gasteiger partial charge in [0.05, 0.1) is 7.11 Å². The van der Waals surface area contributed by atoms with Crippen LogP contribution in [0.1, 0.15) is 31.1 Å². The lowest BCUT2D eigenvalue weighted by Crippen LogP contribution is -2.24. The van der Waals surface area contributed by atoms with Crippen molar-refractivity contribution >= 4 is 5.97 Å². The highest BCUT2D eigenvalue weighted by molar-refractivity contribution is 5.91. The summed E-state index contributed by atoms with van der Waals surface area (Å²) in [5, 5.41) is 9.01. The minimum atomic E-state index is -1.01. The van der Waals surface area contributed by atoms with E-state index < -0.39 is 11.6 Å². The van der Waals surface area contributed by atoms with E-state index in [2.05, 4.69) is 0 Å². The van der Waals surface area contributed by atoms with E-state index in [1.807, 2.05) is 20.8 Å². The van der Waals surface area contributed by atoms with Crippen molar-refractivity contribution in [2.75, 3.05) is 7.11 Å². The van der Waals surface area contributed by atoms with Crippen molar-refractivity contribution in [3.8, 4) is 11.5 Å². The first-order valence-electron chi connectivity index (χ1n) is 4.94. The number of carbonyl (C=O) groups is 1. The Hall–Kier alpha value is -1.71. The quantitative estimate of drug-likeness (QED) is 0.857. The van der Waals surface area contributed by atoms with Gasteiger partial charge in [0.15, 0.2) is 0 Å². The van der Waals surface area contributed by atoms with E-state index in [4.69, 9.17) is 14.6 Å². The molecule has 0 aliphatic carbocycles. The first kappa shape index (κ1) is 12.4. The summed E-state index contributed by atoms with van der Waals surface area (Å²) in [6, 6.07) is 4.65. The molecule has 0 aliphatic heterocycles. The normalized spacial score (nSPS) is 11.0. The van der Waals surface area contributed by atoms with E-state index in [-0.39, 0.29) is 5.56 Å². The second-order valence-electron chi connectivity index (χ2n) is 4.38. The molecule has 0 heterocycles. The number of hydrogen-bond acceptors (Lipinski definition) is 3. The van der Waals surface area contributed by atoms with Crippen LogP contribution in [0.15, 0.2) is 18.2 Å². The fourth-order valence-corrected chi connectivity index (χ4v) is 1.22.